The Bertz CT molecular complexity index is 429. The third-order valence-corrected chi connectivity index (χ3v) is 3.00. The number of hydrogen-bond acceptors (Lipinski definition) is 2. The molecule has 1 saturated carbocycles. The van der Waals surface area contributed by atoms with Gasteiger partial charge in [0.05, 0.1) is 5.56 Å². The number of hydrogen-bond donors (Lipinski definition) is 2. The zero-order chi connectivity index (χ0) is 12.4. The predicted molar refractivity (Wildman–Crippen MR) is 65.1 cm³/mol. The highest BCUT2D eigenvalue weighted by molar-refractivity contribution is 5.94. The summed E-state index contributed by atoms with van der Waals surface area (Å²) in [5, 5.41) is 2.81. The van der Waals surface area contributed by atoms with E-state index >= 15 is 0 Å². The van der Waals surface area contributed by atoms with Gasteiger partial charge in [0.2, 0.25) is 0 Å². The van der Waals surface area contributed by atoms with Crippen LogP contribution in [0.15, 0.2) is 18.2 Å². The summed E-state index contributed by atoms with van der Waals surface area (Å²) in [7, 11) is 0. The molecule has 17 heavy (non-hydrogen) atoms. The Morgan fingerprint density at radius 3 is 2.88 bits per heavy atom. The molecule has 0 saturated heterocycles. The van der Waals surface area contributed by atoms with Gasteiger partial charge in [0.25, 0.3) is 5.91 Å². The quantitative estimate of drug-likeness (QED) is 0.788. The summed E-state index contributed by atoms with van der Waals surface area (Å²) in [6, 6.07) is 4.21. The molecule has 1 aromatic carbocycles. The summed E-state index contributed by atoms with van der Waals surface area (Å²) in [6.45, 7) is 1.95. The smallest absolute Gasteiger partial charge is 0.254 e. The molecule has 0 aliphatic heterocycles. The van der Waals surface area contributed by atoms with Gasteiger partial charge < -0.3 is 11.1 Å². The van der Waals surface area contributed by atoms with Gasteiger partial charge in [-0.05, 0) is 37.5 Å². The highest BCUT2D eigenvalue weighted by Crippen LogP contribution is 2.33. The number of carbonyl (C=O) groups is 1. The summed E-state index contributed by atoms with van der Waals surface area (Å²) in [6.07, 6.45) is 3.47. The molecule has 0 spiro atoms. The van der Waals surface area contributed by atoms with E-state index in [0.29, 0.717) is 5.69 Å². The van der Waals surface area contributed by atoms with Crippen LogP contribution in [-0.4, -0.2) is 11.9 Å². The van der Waals surface area contributed by atoms with Crippen LogP contribution in [0.5, 0.6) is 0 Å². The second-order valence-corrected chi connectivity index (χ2v) is 4.79. The van der Waals surface area contributed by atoms with Gasteiger partial charge >= 0.3 is 0 Å². The van der Waals surface area contributed by atoms with Gasteiger partial charge in [-0.2, -0.15) is 0 Å². The summed E-state index contributed by atoms with van der Waals surface area (Å²) in [5.74, 6) is -0.196. The number of amides is 1. The molecule has 1 amide bonds. The lowest BCUT2D eigenvalue weighted by Gasteiger charge is -2.13. The molecule has 0 aromatic heterocycles. The molecule has 0 bridgehead atoms. The summed E-state index contributed by atoms with van der Waals surface area (Å²) in [5.41, 5.74) is 5.81. The minimum Gasteiger partial charge on any atom is -0.399 e. The Hall–Kier alpha value is -1.58. The van der Waals surface area contributed by atoms with Crippen molar-refractivity contribution in [3.63, 3.8) is 0 Å². The third kappa shape index (κ3) is 3.19. The Morgan fingerprint density at radius 1 is 1.59 bits per heavy atom. The van der Waals surface area contributed by atoms with Crippen LogP contribution < -0.4 is 11.1 Å². The minimum atomic E-state index is -0.568. The van der Waals surface area contributed by atoms with E-state index in [1.54, 1.807) is 0 Å². The molecule has 1 aromatic rings. The van der Waals surface area contributed by atoms with Crippen LogP contribution in [0.2, 0.25) is 0 Å². The average Bonchev–Trinajstić information content (AvgIpc) is 3.00. The maximum Gasteiger partial charge on any atom is 0.254 e. The summed E-state index contributed by atoms with van der Waals surface area (Å²) < 4.78 is 13.5. The van der Waals surface area contributed by atoms with Crippen LogP contribution in [0.1, 0.15) is 36.5 Å². The van der Waals surface area contributed by atoms with Crippen LogP contribution in [0.3, 0.4) is 0 Å². The lowest BCUT2D eigenvalue weighted by atomic mass is 10.1. The average molecular weight is 236 g/mol. The van der Waals surface area contributed by atoms with Crippen molar-refractivity contribution >= 4 is 11.6 Å². The highest BCUT2D eigenvalue weighted by Gasteiger charge is 2.24. The van der Waals surface area contributed by atoms with Crippen molar-refractivity contribution in [3.05, 3.63) is 29.6 Å². The molecule has 1 aliphatic carbocycles. The van der Waals surface area contributed by atoms with E-state index in [2.05, 4.69) is 5.32 Å². The number of halogens is 1. The molecule has 3 nitrogen and oxygen atoms in total. The number of carbonyl (C=O) groups excluding carboxylic acids is 1. The fourth-order valence-electron chi connectivity index (χ4n) is 1.93. The molecular formula is C13H17FN2O. The van der Waals surface area contributed by atoms with Crippen molar-refractivity contribution in [2.75, 3.05) is 5.73 Å². The first-order chi connectivity index (χ1) is 8.06. The van der Waals surface area contributed by atoms with E-state index in [1.807, 2.05) is 6.92 Å². The van der Waals surface area contributed by atoms with E-state index < -0.39 is 5.82 Å². The molecule has 3 N–H and O–H groups in total. The third-order valence-electron chi connectivity index (χ3n) is 3.00. The fraction of sp³-hybridized carbons (Fsp3) is 0.462. The number of anilines is 1. The van der Waals surface area contributed by atoms with Crippen LogP contribution in [-0.2, 0) is 0 Å². The fourth-order valence-corrected chi connectivity index (χ4v) is 1.93. The van der Waals surface area contributed by atoms with Crippen molar-refractivity contribution < 1.29 is 9.18 Å². The normalized spacial score (nSPS) is 16.6. The van der Waals surface area contributed by atoms with E-state index in [-0.39, 0.29) is 17.5 Å². The summed E-state index contributed by atoms with van der Waals surface area (Å²) >= 11 is 0. The van der Waals surface area contributed by atoms with E-state index in [1.165, 1.54) is 31.0 Å². The van der Waals surface area contributed by atoms with Gasteiger partial charge in [0.15, 0.2) is 0 Å². The number of benzene rings is 1. The van der Waals surface area contributed by atoms with Crippen molar-refractivity contribution in [2.24, 2.45) is 5.92 Å². The van der Waals surface area contributed by atoms with Gasteiger partial charge in [0.1, 0.15) is 5.82 Å². The van der Waals surface area contributed by atoms with Gasteiger partial charge in [-0.1, -0.05) is 12.8 Å². The van der Waals surface area contributed by atoms with Crippen LogP contribution >= 0.6 is 0 Å². The molecule has 1 atom stereocenters. The minimum absolute atomic E-state index is 0.0573. The lowest BCUT2D eigenvalue weighted by molar-refractivity contribution is 0.0933. The van der Waals surface area contributed by atoms with Crippen LogP contribution in [0.4, 0.5) is 10.1 Å². The van der Waals surface area contributed by atoms with E-state index in [9.17, 15) is 9.18 Å². The molecular weight excluding hydrogens is 219 g/mol. The first-order valence-corrected chi connectivity index (χ1v) is 5.92. The molecule has 1 fully saturated rings. The second kappa shape index (κ2) is 4.73. The first-order valence-electron chi connectivity index (χ1n) is 5.92. The molecule has 1 unspecified atom stereocenters. The standard InChI is InChI=1S/C13H17FN2O/c1-8(6-9-2-3-9)16-13(17)11-5-4-10(15)7-12(11)14/h4-5,7-9H,2-3,6,15H2,1H3,(H,16,17). The second-order valence-electron chi connectivity index (χ2n) is 4.79. The molecule has 4 heteroatoms. The topological polar surface area (TPSA) is 55.1 Å². The molecule has 0 heterocycles. The van der Waals surface area contributed by atoms with Crippen LogP contribution in [0.25, 0.3) is 0 Å². The predicted octanol–water partition coefficient (Wildman–Crippen LogP) is 2.33. The molecule has 92 valence electrons. The SMILES string of the molecule is CC(CC1CC1)NC(=O)c1ccc(N)cc1F. The monoisotopic (exact) mass is 236 g/mol. The number of rotatable bonds is 4. The maximum absolute atomic E-state index is 13.5. The summed E-state index contributed by atoms with van der Waals surface area (Å²) in [4.78, 5) is 11.8. The largest absolute Gasteiger partial charge is 0.399 e. The Labute approximate surface area is 100 Å². The Balaban J connectivity index is 1.98. The van der Waals surface area contributed by atoms with Crippen LogP contribution in [0, 0.1) is 11.7 Å². The van der Waals surface area contributed by atoms with Gasteiger partial charge in [-0.15, -0.1) is 0 Å². The Morgan fingerprint density at radius 2 is 2.29 bits per heavy atom. The van der Waals surface area contributed by atoms with E-state index in [0.717, 1.165) is 12.3 Å². The number of nitrogens with two attached hydrogens (primary N) is 1. The maximum atomic E-state index is 13.5. The first kappa shape index (κ1) is 11.9. The zero-order valence-electron chi connectivity index (χ0n) is 9.87. The lowest BCUT2D eigenvalue weighted by Crippen LogP contribution is -2.33. The highest BCUT2D eigenvalue weighted by atomic mass is 19.1. The van der Waals surface area contributed by atoms with Crippen molar-refractivity contribution in [1.82, 2.24) is 5.32 Å². The van der Waals surface area contributed by atoms with Gasteiger partial charge in [-0.25, -0.2) is 4.39 Å². The van der Waals surface area contributed by atoms with Crippen molar-refractivity contribution in [2.45, 2.75) is 32.2 Å². The van der Waals surface area contributed by atoms with E-state index in [4.69, 9.17) is 5.73 Å². The number of nitrogen functional groups attached to an aromatic ring is 1. The van der Waals surface area contributed by atoms with Gasteiger partial charge in [-0.3, -0.25) is 4.79 Å². The van der Waals surface area contributed by atoms with Gasteiger partial charge in [0, 0.05) is 11.7 Å². The zero-order valence-corrected chi connectivity index (χ0v) is 9.87. The molecule has 1 aliphatic rings. The Kier molecular flexibility index (Phi) is 3.31. The van der Waals surface area contributed by atoms with Crippen molar-refractivity contribution in [3.8, 4) is 0 Å². The molecule has 0 radical (unpaired) electrons. The van der Waals surface area contributed by atoms with Crippen molar-refractivity contribution in [1.29, 1.82) is 0 Å². The molecule has 2 rings (SSSR count). The number of nitrogens with one attached hydrogen (secondary N) is 1.